The van der Waals surface area contributed by atoms with Crippen molar-refractivity contribution in [2.45, 2.75) is 25.5 Å². The summed E-state index contributed by atoms with van der Waals surface area (Å²) in [6.07, 6.45) is 1.51. The molecule has 1 unspecified atom stereocenters. The van der Waals surface area contributed by atoms with Gasteiger partial charge in [-0.3, -0.25) is 0 Å². The maximum Gasteiger partial charge on any atom is 0.125 e. The molecule has 4 heteroatoms. The normalized spacial score (nSPS) is 20.6. The smallest absolute Gasteiger partial charge is 0.125 e. The Hall–Kier alpha value is -1.13. The summed E-state index contributed by atoms with van der Waals surface area (Å²) in [7, 11) is 1.84. The molecule has 0 amide bonds. The van der Waals surface area contributed by atoms with E-state index in [-0.39, 0.29) is 11.9 Å². The van der Waals surface area contributed by atoms with Crippen LogP contribution < -0.4 is 10.2 Å². The van der Waals surface area contributed by atoms with Crippen molar-refractivity contribution < 1.29 is 9.50 Å². The van der Waals surface area contributed by atoms with Gasteiger partial charge in [-0.15, -0.1) is 0 Å². The Morgan fingerprint density at radius 1 is 1.47 bits per heavy atom. The van der Waals surface area contributed by atoms with E-state index in [1.807, 2.05) is 13.1 Å². The van der Waals surface area contributed by atoms with Gasteiger partial charge < -0.3 is 15.3 Å². The highest BCUT2D eigenvalue weighted by Crippen LogP contribution is 2.22. The molecular weight excluding hydrogens is 219 g/mol. The zero-order valence-electron chi connectivity index (χ0n) is 10.1. The molecule has 1 aliphatic rings. The maximum absolute atomic E-state index is 13.5. The number of anilines is 1. The molecule has 0 spiro atoms. The van der Waals surface area contributed by atoms with Crippen LogP contribution in [0.2, 0.25) is 0 Å². The summed E-state index contributed by atoms with van der Waals surface area (Å²) in [6, 6.07) is 5.06. The number of aliphatic hydroxyl groups is 1. The number of β-amino-alcohol motifs (C(OH)–C–C–N with tert-alkyl or cyclic N) is 1. The topological polar surface area (TPSA) is 35.5 Å². The van der Waals surface area contributed by atoms with Gasteiger partial charge in [-0.25, -0.2) is 4.39 Å². The van der Waals surface area contributed by atoms with Crippen molar-refractivity contribution in [3.63, 3.8) is 0 Å². The summed E-state index contributed by atoms with van der Waals surface area (Å²) < 4.78 is 13.5. The molecule has 17 heavy (non-hydrogen) atoms. The molecule has 0 aromatic heterocycles. The zero-order chi connectivity index (χ0) is 12.3. The van der Waals surface area contributed by atoms with Crippen LogP contribution in [0.25, 0.3) is 0 Å². The van der Waals surface area contributed by atoms with Gasteiger partial charge in [-0.1, -0.05) is 0 Å². The third-order valence-corrected chi connectivity index (χ3v) is 3.08. The van der Waals surface area contributed by atoms with Gasteiger partial charge in [-0.2, -0.15) is 0 Å². The molecule has 94 valence electrons. The van der Waals surface area contributed by atoms with Gasteiger partial charge in [0.25, 0.3) is 0 Å². The lowest BCUT2D eigenvalue weighted by atomic mass is 10.1. The lowest BCUT2D eigenvalue weighted by molar-refractivity contribution is 0.154. The van der Waals surface area contributed by atoms with E-state index in [1.165, 1.54) is 6.07 Å². The number of halogens is 1. The van der Waals surface area contributed by atoms with Crippen molar-refractivity contribution in [3.05, 3.63) is 29.6 Å². The first-order valence-electron chi connectivity index (χ1n) is 6.06. The monoisotopic (exact) mass is 238 g/mol. The molecule has 3 nitrogen and oxygen atoms in total. The number of nitrogens with zero attached hydrogens (tertiary/aromatic N) is 1. The third kappa shape index (κ3) is 3.17. The molecule has 2 rings (SSSR count). The summed E-state index contributed by atoms with van der Waals surface area (Å²) >= 11 is 0. The minimum absolute atomic E-state index is 0.215. The summed E-state index contributed by atoms with van der Waals surface area (Å²) in [4.78, 5) is 2.05. The van der Waals surface area contributed by atoms with E-state index >= 15 is 0 Å². The zero-order valence-corrected chi connectivity index (χ0v) is 10.1. The van der Waals surface area contributed by atoms with Crippen LogP contribution in [0.1, 0.15) is 18.4 Å². The highest BCUT2D eigenvalue weighted by Gasteiger charge is 2.18. The Morgan fingerprint density at radius 3 is 3.00 bits per heavy atom. The lowest BCUT2D eigenvalue weighted by Crippen LogP contribution is -2.38. The molecule has 1 atom stereocenters. The fraction of sp³-hybridized carbons (Fsp3) is 0.538. The summed E-state index contributed by atoms with van der Waals surface area (Å²) in [6.45, 7) is 2.14. The minimum atomic E-state index is -0.292. The van der Waals surface area contributed by atoms with E-state index < -0.39 is 0 Å². The molecule has 0 aliphatic carbocycles. The van der Waals surface area contributed by atoms with Crippen LogP contribution in [0, 0.1) is 5.82 Å². The van der Waals surface area contributed by atoms with Gasteiger partial charge in [0.2, 0.25) is 0 Å². The van der Waals surface area contributed by atoms with Gasteiger partial charge in [0.1, 0.15) is 5.82 Å². The van der Waals surface area contributed by atoms with Gasteiger partial charge in [0, 0.05) is 25.3 Å². The van der Waals surface area contributed by atoms with Crippen LogP contribution in [0.3, 0.4) is 0 Å². The Kier molecular flexibility index (Phi) is 3.97. The largest absolute Gasteiger partial charge is 0.391 e. The minimum Gasteiger partial charge on any atom is -0.391 e. The van der Waals surface area contributed by atoms with E-state index in [9.17, 15) is 9.50 Å². The number of rotatable bonds is 3. The Labute approximate surface area is 101 Å². The van der Waals surface area contributed by atoms with Crippen molar-refractivity contribution in [2.24, 2.45) is 0 Å². The van der Waals surface area contributed by atoms with Crippen molar-refractivity contribution in [1.82, 2.24) is 5.32 Å². The third-order valence-electron chi connectivity index (χ3n) is 3.08. The van der Waals surface area contributed by atoms with Gasteiger partial charge in [0.05, 0.1) is 6.10 Å². The number of benzene rings is 1. The van der Waals surface area contributed by atoms with Crippen molar-refractivity contribution >= 4 is 5.69 Å². The molecule has 1 heterocycles. The number of piperidine rings is 1. The standard InChI is InChI=1S/C13H19FN2O/c1-15-8-10-5-11(14)7-12(6-10)16-4-2-3-13(17)9-16/h5-7,13,15,17H,2-4,8-9H2,1H3. The number of aliphatic hydroxyl groups excluding tert-OH is 1. The van der Waals surface area contributed by atoms with Crippen molar-refractivity contribution in [3.8, 4) is 0 Å². The van der Waals surface area contributed by atoms with Crippen LogP contribution in [0.15, 0.2) is 18.2 Å². The lowest BCUT2D eigenvalue weighted by Gasteiger charge is -2.32. The maximum atomic E-state index is 13.5. The molecular formula is C13H19FN2O. The van der Waals surface area contributed by atoms with E-state index in [4.69, 9.17) is 0 Å². The molecule has 1 fully saturated rings. The average Bonchev–Trinajstić information content (AvgIpc) is 2.28. The quantitative estimate of drug-likeness (QED) is 0.838. The van der Waals surface area contributed by atoms with Crippen LogP contribution in [-0.2, 0) is 6.54 Å². The number of hydrogen-bond donors (Lipinski definition) is 2. The Bertz CT molecular complexity index is 384. The van der Waals surface area contributed by atoms with Gasteiger partial charge in [0.15, 0.2) is 0 Å². The molecule has 0 saturated carbocycles. The second-order valence-corrected chi connectivity index (χ2v) is 4.59. The second kappa shape index (κ2) is 5.47. The van der Waals surface area contributed by atoms with E-state index in [2.05, 4.69) is 10.2 Å². The van der Waals surface area contributed by atoms with Crippen LogP contribution in [0.4, 0.5) is 10.1 Å². The first-order chi connectivity index (χ1) is 8.19. The molecule has 2 N–H and O–H groups in total. The molecule has 1 aromatic rings. The predicted octanol–water partition coefficient (Wildman–Crippen LogP) is 1.51. The number of hydrogen-bond acceptors (Lipinski definition) is 3. The predicted molar refractivity (Wildman–Crippen MR) is 66.6 cm³/mol. The van der Waals surface area contributed by atoms with Gasteiger partial charge in [-0.05, 0) is 43.7 Å². The molecule has 1 saturated heterocycles. The Morgan fingerprint density at radius 2 is 2.29 bits per heavy atom. The van der Waals surface area contributed by atoms with Crippen LogP contribution in [0.5, 0.6) is 0 Å². The summed E-state index contributed by atoms with van der Waals surface area (Å²) in [5, 5.41) is 12.7. The number of nitrogens with one attached hydrogen (secondary N) is 1. The summed E-state index contributed by atoms with van der Waals surface area (Å²) in [5.41, 5.74) is 1.80. The van der Waals surface area contributed by atoms with Crippen LogP contribution >= 0.6 is 0 Å². The van der Waals surface area contributed by atoms with Crippen molar-refractivity contribution in [1.29, 1.82) is 0 Å². The van der Waals surface area contributed by atoms with E-state index in [1.54, 1.807) is 6.07 Å². The first kappa shape index (κ1) is 12.3. The van der Waals surface area contributed by atoms with Gasteiger partial charge >= 0.3 is 0 Å². The highest BCUT2D eigenvalue weighted by atomic mass is 19.1. The Balaban J connectivity index is 2.18. The molecule has 0 bridgehead atoms. The van der Waals surface area contributed by atoms with E-state index in [0.717, 1.165) is 30.6 Å². The second-order valence-electron chi connectivity index (χ2n) is 4.59. The molecule has 0 radical (unpaired) electrons. The fourth-order valence-corrected chi connectivity index (χ4v) is 2.31. The first-order valence-corrected chi connectivity index (χ1v) is 6.06. The average molecular weight is 238 g/mol. The molecule has 1 aliphatic heterocycles. The van der Waals surface area contributed by atoms with Crippen molar-refractivity contribution in [2.75, 3.05) is 25.0 Å². The van der Waals surface area contributed by atoms with Crippen LogP contribution in [-0.4, -0.2) is 31.3 Å². The fourth-order valence-electron chi connectivity index (χ4n) is 2.31. The summed E-state index contributed by atoms with van der Waals surface area (Å²) in [5.74, 6) is -0.215. The molecule has 1 aromatic carbocycles. The highest BCUT2D eigenvalue weighted by molar-refractivity contribution is 5.49. The van der Waals surface area contributed by atoms with E-state index in [0.29, 0.717) is 13.1 Å². The SMILES string of the molecule is CNCc1cc(F)cc(N2CCCC(O)C2)c1.